The summed E-state index contributed by atoms with van der Waals surface area (Å²) >= 11 is 0. The molecule has 0 amide bonds. The quantitative estimate of drug-likeness (QED) is 0.178. The van der Waals surface area contributed by atoms with E-state index < -0.39 is 0 Å². The summed E-state index contributed by atoms with van der Waals surface area (Å²) < 4.78 is 8.75. The Labute approximate surface area is 296 Å². The van der Waals surface area contributed by atoms with Crippen molar-refractivity contribution in [1.82, 2.24) is 4.57 Å². The summed E-state index contributed by atoms with van der Waals surface area (Å²) in [7, 11) is 0. The van der Waals surface area contributed by atoms with Crippen LogP contribution in [0.1, 0.15) is 0 Å². The second kappa shape index (κ2) is 11.9. The maximum absolute atomic E-state index is 6.39. The number of aromatic nitrogens is 1. The van der Waals surface area contributed by atoms with Gasteiger partial charge >= 0.3 is 0 Å². The van der Waals surface area contributed by atoms with E-state index in [4.69, 9.17) is 4.74 Å². The zero-order valence-electron chi connectivity index (χ0n) is 27.8. The molecule has 0 unspecified atom stereocenters. The van der Waals surface area contributed by atoms with Crippen molar-refractivity contribution in [2.45, 2.75) is 0 Å². The van der Waals surface area contributed by atoms with Crippen LogP contribution in [0.5, 0.6) is 11.5 Å². The Hall–Kier alpha value is -6.84. The molecule has 3 nitrogen and oxygen atoms in total. The van der Waals surface area contributed by atoms with Gasteiger partial charge in [-0.1, -0.05) is 133 Å². The molecular formula is C48H32N2O. The van der Waals surface area contributed by atoms with Gasteiger partial charge in [-0.2, -0.15) is 0 Å². The molecule has 0 fully saturated rings. The molecule has 0 bridgehead atoms. The first kappa shape index (κ1) is 29.1. The van der Waals surface area contributed by atoms with Crippen LogP contribution in [-0.4, -0.2) is 4.57 Å². The van der Waals surface area contributed by atoms with Crippen molar-refractivity contribution in [2.24, 2.45) is 0 Å². The van der Waals surface area contributed by atoms with Crippen molar-refractivity contribution in [3.05, 3.63) is 194 Å². The lowest BCUT2D eigenvalue weighted by Gasteiger charge is -2.26. The van der Waals surface area contributed by atoms with Crippen molar-refractivity contribution in [3.63, 3.8) is 0 Å². The molecule has 0 saturated carbocycles. The fourth-order valence-electron chi connectivity index (χ4n) is 7.61. The number of hydrogen-bond donors (Lipinski definition) is 0. The third-order valence-corrected chi connectivity index (χ3v) is 10.0. The predicted octanol–water partition coefficient (Wildman–Crippen LogP) is 13.4. The van der Waals surface area contributed by atoms with Gasteiger partial charge in [0.1, 0.15) is 0 Å². The van der Waals surface area contributed by atoms with Crippen LogP contribution in [0.3, 0.4) is 0 Å². The smallest absolute Gasteiger partial charge is 0.152 e. The van der Waals surface area contributed by atoms with Gasteiger partial charge < -0.3 is 14.2 Å². The molecule has 1 aromatic heterocycles. The van der Waals surface area contributed by atoms with Crippen LogP contribution < -0.4 is 9.64 Å². The molecule has 1 aliphatic rings. The SMILES string of the molecule is c1ccc(-c2ccc(N(c3ccc(-c4ccccc4)cc3)c3ccc(-c4cccc5c4c4cccc6c4n5-c4ccccc4O6)cc3)cc2)cc1. The standard InChI is InChI=1S/C48H32N2O/c1-3-11-33(12-4-1)35-21-27-38(28-22-35)49(39-29-23-36(24-30-39)34-13-5-2-6-14-34)40-31-25-37(26-32-40)41-15-9-18-44-47(41)42-16-10-20-46-48(42)50(44)43-17-7-8-19-45(43)51-46/h1-32H. The zero-order valence-corrected chi connectivity index (χ0v) is 27.8. The van der Waals surface area contributed by atoms with E-state index in [1.807, 2.05) is 12.1 Å². The van der Waals surface area contributed by atoms with E-state index in [0.29, 0.717) is 0 Å². The van der Waals surface area contributed by atoms with Gasteiger partial charge in [0.15, 0.2) is 11.5 Å². The lowest BCUT2D eigenvalue weighted by Crippen LogP contribution is -2.09. The molecule has 240 valence electrons. The van der Waals surface area contributed by atoms with Crippen LogP contribution in [0, 0.1) is 0 Å². The Morgan fingerprint density at radius 2 is 0.863 bits per heavy atom. The summed E-state index contributed by atoms with van der Waals surface area (Å²) in [6, 6.07) is 69.1. The molecule has 0 N–H and O–H groups in total. The molecule has 10 rings (SSSR count). The maximum Gasteiger partial charge on any atom is 0.152 e. The zero-order chi connectivity index (χ0) is 33.7. The van der Waals surface area contributed by atoms with Crippen molar-refractivity contribution >= 4 is 38.9 Å². The van der Waals surface area contributed by atoms with Crippen LogP contribution in [0.2, 0.25) is 0 Å². The van der Waals surface area contributed by atoms with Gasteiger partial charge in [0.05, 0.1) is 16.7 Å². The summed E-state index contributed by atoms with van der Waals surface area (Å²) in [5.74, 6) is 1.76. The minimum absolute atomic E-state index is 0.874. The number of anilines is 3. The van der Waals surface area contributed by atoms with E-state index in [2.05, 4.69) is 191 Å². The predicted molar refractivity (Wildman–Crippen MR) is 212 cm³/mol. The molecule has 2 heterocycles. The summed E-state index contributed by atoms with van der Waals surface area (Å²) in [5.41, 5.74) is 13.8. The van der Waals surface area contributed by atoms with E-state index in [1.165, 1.54) is 49.7 Å². The first-order valence-electron chi connectivity index (χ1n) is 17.4. The Morgan fingerprint density at radius 3 is 1.47 bits per heavy atom. The van der Waals surface area contributed by atoms with Crippen molar-refractivity contribution < 1.29 is 4.74 Å². The van der Waals surface area contributed by atoms with Gasteiger partial charge in [0, 0.05) is 27.8 Å². The molecule has 0 spiro atoms. The third-order valence-electron chi connectivity index (χ3n) is 10.0. The first-order chi connectivity index (χ1) is 25.3. The maximum atomic E-state index is 6.39. The number of nitrogens with zero attached hydrogens (tertiary/aromatic N) is 2. The van der Waals surface area contributed by atoms with Gasteiger partial charge in [-0.05, 0) is 94.0 Å². The van der Waals surface area contributed by atoms with Crippen LogP contribution >= 0.6 is 0 Å². The monoisotopic (exact) mass is 652 g/mol. The Kier molecular flexibility index (Phi) is 6.81. The molecule has 0 aliphatic carbocycles. The molecule has 0 radical (unpaired) electrons. The molecular weight excluding hydrogens is 621 g/mol. The van der Waals surface area contributed by atoms with Crippen molar-refractivity contribution in [3.8, 4) is 50.6 Å². The number of para-hydroxylation sites is 3. The van der Waals surface area contributed by atoms with Crippen LogP contribution in [0.4, 0.5) is 17.1 Å². The van der Waals surface area contributed by atoms with Crippen molar-refractivity contribution in [2.75, 3.05) is 4.90 Å². The molecule has 3 heteroatoms. The van der Waals surface area contributed by atoms with Crippen LogP contribution in [0.15, 0.2) is 194 Å². The van der Waals surface area contributed by atoms with E-state index in [-0.39, 0.29) is 0 Å². The summed E-state index contributed by atoms with van der Waals surface area (Å²) in [6.45, 7) is 0. The molecule has 8 aromatic carbocycles. The Bertz CT molecular complexity index is 2590. The van der Waals surface area contributed by atoms with Crippen LogP contribution in [0.25, 0.3) is 60.9 Å². The molecule has 1 aliphatic heterocycles. The normalized spacial score (nSPS) is 11.7. The van der Waals surface area contributed by atoms with Crippen LogP contribution in [-0.2, 0) is 0 Å². The summed E-state index contributed by atoms with van der Waals surface area (Å²) in [5, 5.41) is 2.42. The molecule has 51 heavy (non-hydrogen) atoms. The number of ether oxygens (including phenoxy) is 1. The minimum Gasteiger partial charge on any atom is -0.453 e. The molecule has 0 saturated heterocycles. The fraction of sp³-hybridized carbons (Fsp3) is 0. The highest BCUT2D eigenvalue weighted by Crippen LogP contribution is 2.47. The Morgan fingerprint density at radius 1 is 0.373 bits per heavy atom. The number of benzene rings is 8. The lowest BCUT2D eigenvalue weighted by atomic mass is 9.98. The average Bonchev–Trinajstić information content (AvgIpc) is 3.56. The summed E-state index contributed by atoms with van der Waals surface area (Å²) in [6.07, 6.45) is 0. The molecule has 9 aromatic rings. The number of hydrogen-bond acceptors (Lipinski definition) is 2. The van der Waals surface area contributed by atoms with Gasteiger partial charge in [0.2, 0.25) is 0 Å². The minimum atomic E-state index is 0.874. The van der Waals surface area contributed by atoms with E-state index in [1.54, 1.807) is 0 Å². The largest absolute Gasteiger partial charge is 0.453 e. The fourth-order valence-corrected chi connectivity index (χ4v) is 7.61. The van der Waals surface area contributed by atoms with Gasteiger partial charge in [-0.15, -0.1) is 0 Å². The van der Waals surface area contributed by atoms with Gasteiger partial charge in [0.25, 0.3) is 0 Å². The lowest BCUT2D eigenvalue weighted by molar-refractivity contribution is 0.476. The Balaban J connectivity index is 1.08. The van der Waals surface area contributed by atoms with E-state index in [0.717, 1.165) is 39.8 Å². The van der Waals surface area contributed by atoms with E-state index in [9.17, 15) is 0 Å². The average molecular weight is 653 g/mol. The summed E-state index contributed by atoms with van der Waals surface area (Å²) in [4.78, 5) is 2.34. The molecule has 0 atom stereocenters. The highest BCUT2D eigenvalue weighted by molar-refractivity contribution is 6.17. The highest BCUT2D eigenvalue weighted by atomic mass is 16.5. The second-order valence-electron chi connectivity index (χ2n) is 13.0. The number of rotatable bonds is 6. The second-order valence-corrected chi connectivity index (χ2v) is 13.0. The highest BCUT2D eigenvalue weighted by Gasteiger charge is 2.25. The van der Waals surface area contributed by atoms with Gasteiger partial charge in [-0.3, -0.25) is 0 Å². The van der Waals surface area contributed by atoms with Gasteiger partial charge in [-0.25, -0.2) is 0 Å². The topological polar surface area (TPSA) is 17.4 Å². The first-order valence-corrected chi connectivity index (χ1v) is 17.4. The number of fused-ring (bicyclic) bond motifs is 5. The third kappa shape index (κ3) is 4.90. The van der Waals surface area contributed by atoms with Crippen molar-refractivity contribution in [1.29, 1.82) is 0 Å². The van der Waals surface area contributed by atoms with E-state index >= 15 is 0 Å².